The first-order valence-corrected chi connectivity index (χ1v) is 13.3. The number of likely N-dealkylation sites (tertiary alicyclic amines) is 1. The Hall–Kier alpha value is -4.34. The molecule has 2 aromatic rings. The number of aliphatic carboxylic acids is 1. The fourth-order valence-corrected chi connectivity index (χ4v) is 5.38. The minimum absolute atomic E-state index is 0.167. The number of aromatic nitrogens is 3. The number of nitrogens with zero attached hydrogens (tertiary/aromatic N) is 6. The topological polar surface area (TPSA) is 158 Å². The molecule has 3 fully saturated rings. The smallest absolute Gasteiger partial charge is 0.475 e. The van der Waals surface area contributed by atoms with E-state index in [4.69, 9.17) is 9.90 Å². The minimum Gasteiger partial charge on any atom is -0.475 e. The molecule has 6 rings (SSSR count). The number of carbonyl (C=O) groups excluding carboxylic acids is 4. The third-order valence-electron chi connectivity index (χ3n) is 7.86. The number of alkyl halides is 3. The molecule has 2 atom stereocenters. The van der Waals surface area contributed by atoms with E-state index in [1.807, 2.05) is 19.2 Å². The van der Waals surface area contributed by atoms with Crippen LogP contribution in [-0.4, -0.2) is 109 Å². The summed E-state index contributed by atoms with van der Waals surface area (Å²) >= 11 is 0. The standard InChI is InChI=1S/C24H27N7O4.C2HF3O2/c1-28(17-8-9-29(12-17)15-4-5-15)24(35)19-13-31(27-26-19)16-3-2-14-11-30(23(34)18(14)10-16)20-6-7-21(32)25-22(20)33;3-2(4,5)1(6)7/h2-3,10,13,15,17,20H,4-9,11-12H2,1H3,(H,25,32,33);(H,6,7). The first-order chi connectivity index (χ1) is 19.8. The molecule has 224 valence electrons. The molecule has 1 aromatic carbocycles. The number of hydrogen-bond donors (Lipinski definition) is 2. The molecular formula is C26H28F3N7O6. The van der Waals surface area contributed by atoms with Crippen molar-refractivity contribution in [1.29, 1.82) is 0 Å². The number of rotatable bonds is 5. The lowest BCUT2D eigenvalue weighted by Crippen LogP contribution is -2.52. The number of carboxylic acids is 1. The van der Waals surface area contributed by atoms with Gasteiger partial charge in [0.25, 0.3) is 11.8 Å². The van der Waals surface area contributed by atoms with E-state index in [1.165, 1.54) is 22.4 Å². The van der Waals surface area contributed by atoms with Crippen LogP contribution in [0, 0.1) is 0 Å². The second-order valence-corrected chi connectivity index (χ2v) is 10.7. The van der Waals surface area contributed by atoms with Crippen molar-refractivity contribution in [3.05, 3.63) is 41.2 Å². The van der Waals surface area contributed by atoms with Gasteiger partial charge in [-0.1, -0.05) is 11.3 Å². The summed E-state index contributed by atoms with van der Waals surface area (Å²) in [6.45, 7) is 2.24. The SMILES string of the molecule is CN(C(=O)c1cn(-c2ccc3c(c2)C(=O)N(C2CCC(=O)NC2=O)C3)nn1)C1CCN(C2CC2)C1.O=C(O)C(F)(F)F. The zero-order valence-electron chi connectivity index (χ0n) is 22.5. The number of benzene rings is 1. The van der Waals surface area contributed by atoms with E-state index < -0.39 is 24.1 Å². The van der Waals surface area contributed by atoms with Gasteiger partial charge >= 0.3 is 12.1 Å². The quantitative estimate of drug-likeness (QED) is 0.484. The number of carbonyl (C=O) groups is 5. The van der Waals surface area contributed by atoms with Crippen molar-refractivity contribution in [2.45, 2.75) is 63.0 Å². The van der Waals surface area contributed by atoms with Gasteiger partial charge in [-0.3, -0.25) is 29.4 Å². The summed E-state index contributed by atoms with van der Waals surface area (Å²) in [7, 11) is 1.82. The first kappa shape index (κ1) is 29.2. The van der Waals surface area contributed by atoms with Crippen molar-refractivity contribution in [1.82, 2.24) is 35.0 Å². The number of piperidine rings is 1. The lowest BCUT2D eigenvalue weighted by Gasteiger charge is -2.29. The maximum atomic E-state index is 13.1. The van der Waals surface area contributed by atoms with Gasteiger partial charge in [0.2, 0.25) is 11.8 Å². The minimum atomic E-state index is -5.08. The molecule has 2 N–H and O–H groups in total. The van der Waals surface area contributed by atoms with Crippen LogP contribution in [-0.2, 0) is 20.9 Å². The highest BCUT2D eigenvalue weighted by molar-refractivity contribution is 6.05. The number of likely N-dealkylation sites (N-methyl/N-ethyl adjacent to an activating group) is 1. The van der Waals surface area contributed by atoms with E-state index in [-0.39, 0.29) is 35.9 Å². The molecule has 4 heterocycles. The van der Waals surface area contributed by atoms with E-state index in [2.05, 4.69) is 20.5 Å². The Balaban J connectivity index is 0.000000451. The van der Waals surface area contributed by atoms with E-state index in [0.29, 0.717) is 30.3 Å². The molecular weight excluding hydrogens is 563 g/mol. The molecule has 0 spiro atoms. The van der Waals surface area contributed by atoms with Crippen molar-refractivity contribution in [2.24, 2.45) is 0 Å². The Bertz CT molecular complexity index is 1440. The molecule has 42 heavy (non-hydrogen) atoms. The third kappa shape index (κ3) is 5.98. The van der Waals surface area contributed by atoms with Gasteiger partial charge < -0.3 is 14.9 Å². The fourth-order valence-electron chi connectivity index (χ4n) is 5.38. The normalized spacial score (nSPS) is 22.4. The van der Waals surface area contributed by atoms with Crippen molar-refractivity contribution in [3.63, 3.8) is 0 Å². The average Bonchev–Trinajstić information content (AvgIpc) is 3.32. The Labute approximate surface area is 237 Å². The summed E-state index contributed by atoms with van der Waals surface area (Å²) in [6.07, 6.45) is 0.514. The number of halogens is 3. The van der Waals surface area contributed by atoms with Gasteiger partial charge in [-0.25, -0.2) is 9.48 Å². The molecule has 4 aliphatic rings. The molecule has 0 bridgehead atoms. The zero-order valence-corrected chi connectivity index (χ0v) is 22.5. The predicted molar refractivity (Wildman–Crippen MR) is 136 cm³/mol. The summed E-state index contributed by atoms with van der Waals surface area (Å²) in [6, 6.07) is 5.56. The lowest BCUT2D eigenvalue weighted by molar-refractivity contribution is -0.192. The molecule has 1 aliphatic carbocycles. The number of amides is 4. The number of nitrogens with one attached hydrogen (secondary N) is 1. The molecule has 1 saturated carbocycles. The molecule has 1 aromatic heterocycles. The number of fused-ring (bicyclic) bond motifs is 1. The van der Waals surface area contributed by atoms with E-state index in [0.717, 1.165) is 25.1 Å². The predicted octanol–water partition coefficient (Wildman–Crippen LogP) is 0.970. The third-order valence-corrected chi connectivity index (χ3v) is 7.86. The van der Waals surface area contributed by atoms with Crippen LogP contribution in [0.2, 0.25) is 0 Å². The van der Waals surface area contributed by atoms with Crippen LogP contribution in [0.15, 0.2) is 24.4 Å². The molecule has 2 unspecified atom stereocenters. The zero-order chi connectivity index (χ0) is 30.3. The highest BCUT2D eigenvalue weighted by Gasteiger charge is 2.40. The van der Waals surface area contributed by atoms with E-state index in [9.17, 15) is 32.3 Å². The van der Waals surface area contributed by atoms with Gasteiger partial charge in [-0.2, -0.15) is 13.2 Å². The van der Waals surface area contributed by atoms with Gasteiger partial charge in [-0.05, 0) is 43.4 Å². The Kier molecular flexibility index (Phi) is 7.74. The van der Waals surface area contributed by atoms with E-state index in [1.54, 1.807) is 17.2 Å². The molecule has 2 saturated heterocycles. The molecule has 13 nitrogen and oxygen atoms in total. The summed E-state index contributed by atoms with van der Waals surface area (Å²) in [5, 5.41) is 17.7. The van der Waals surface area contributed by atoms with E-state index >= 15 is 0 Å². The second kappa shape index (κ2) is 11.2. The van der Waals surface area contributed by atoms with Crippen molar-refractivity contribution >= 4 is 29.6 Å². The van der Waals surface area contributed by atoms with Crippen LogP contribution < -0.4 is 5.32 Å². The fraction of sp³-hybridized carbons (Fsp3) is 0.500. The van der Waals surface area contributed by atoms with Crippen LogP contribution in [0.4, 0.5) is 13.2 Å². The van der Waals surface area contributed by atoms with Gasteiger partial charge in [-0.15, -0.1) is 5.10 Å². The average molecular weight is 592 g/mol. The van der Waals surface area contributed by atoms with Gasteiger partial charge in [0.1, 0.15) is 6.04 Å². The van der Waals surface area contributed by atoms with Crippen LogP contribution >= 0.6 is 0 Å². The maximum Gasteiger partial charge on any atom is 0.490 e. The van der Waals surface area contributed by atoms with Gasteiger partial charge in [0, 0.05) is 50.7 Å². The van der Waals surface area contributed by atoms with Crippen LogP contribution in [0.3, 0.4) is 0 Å². The Morgan fingerprint density at radius 1 is 1.12 bits per heavy atom. The van der Waals surface area contributed by atoms with Gasteiger partial charge in [0.15, 0.2) is 5.69 Å². The first-order valence-electron chi connectivity index (χ1n) is 13.3. The van der Waals surface area contributed by atoms with Crippen LogP contribution in [0.1, 0.15) is 58.5 Å². The summed E-state index contributed by atoms with van der Waals surface area (Å²) in [5.74, 6) is -3.93. The van der Waals surface area contributed by atoms with Gasteiger partial charge in [0.05, 0.1) is 11.9 Å². The molecule has 0 radical (unpaired) electrons. The summed E-state index contributed by atoms with van der Waals surface area (Å²) in [5.41, 5.74) is 2.16. The summed E-state index contributed by atoms with van der Waals surface area (Å²) in [4.78, 5) is 64.5. The largest absolute Gasteiger partial charge is 0.490 e. The molecule has 3 aliphatic heterocycles. The molecule has 4 amide bonds. The maximum absolute atomic E-state index is 13.1. The van der Waals surface area contributed by atoms with Crippen molar-refractivity contribution in [3.8, 4) is 5.69 Å². The van der Waals surface area contributed by atoms with Crippen molar-refractivity contribution in [2.75, 3.05) is 20.1 Å². The highest BCUT2D eigenvalue weighted by atomic mass is 19.4. The van der Waals surface area contributed by atoms with Crippen LogP contribution in [0.25, 0.3) is 5.69 Å². The molecule has 16 heteroatoms. The highest BCUT2D eigenvalue weighted by Crippen LogP contribution is 2.31. The summed E-state index contributed by atoms with van der Waals surface area (Å²) < 4.78 is 33.2. The number of imide groups is 1. The lowest BCUT2D eigenvalue weighted by atomic mass is 10.0. The monoisotopic (exact) mass is 591 g/mol. The second-order valence-electron chi connectivity index (χ2n) is 10.7. The Morgan fingerprint density at radius 2 is 1.83 bits per heavy atom. The van der Waals surface area contributed by atoms with Crippen molar-refractivity contribution < 1.29 is 42.3 Å². The van der Waals surface area contributed by atoms with Crippen LogP contribution in [0.5, 0.6) is 0 Å². The Morgan fingerprint density at radius 3 is 2.48 bits per heavy atom. The number of hydrogen-bond acceptors (Lipinski definition) is 8. The number of carboxylic acid groups (broad SMARTS) is 1.